The van der Waals surface area contributed by atoms with Gasteiger partial charge in [-0.15, -0.1) is 0 Å². The van der Waals surface area contributed by atoms with E-state index in [9.17, 15) is 9.59 Å². The molecule has 1 aromatic rings. The van der Waals surface area contributed by atoms with Crippen LogP contribution in [0.25, 0.3) is 0 Å². The van der Waals surface area contributed by atoms with Gasteiger partial charge in [0.2, 0.25) is 11.8 Å². The van der Waals surface area contributed by atoms with Crippen molar-refractivity contribution in [2.24, 2.45) is 11.8 Å². The van der Waals surface area contributed by atoms with Gasteiger partial charge in [0, 0.05) is 19.7 Å². The number of nitrogens with zero attached hydrogens (tertiary/aromatic N) is 1. The molecule has 5 nitrogen and oxygen atoms in total. The standard InChI is InChI=1S/C18H24N2O3/c1-12(2)15-7-8-23-17(15)18(22)19-9-16(21)20-10-13-5-3-4-6-14(13)11-20/h3-6,12,15,17H,7-11H2,1-2H3,(H,19,22)/t15-,17-/m1/s1. The molecule has 2 atom stereocenters. The van der Waals surface area contributed by atoms with E-state index in [1.54, 1.807) is 4.90 Å². The summed E-state index contributed by atoms with van der Waals surface area (Å²) in [7, 11) is 0. The molecule has 0 bridgehead atoms. The molecule has 0 aromatic heterocycles. The second-order valence-electron chi connectivity index (χ2n) is 6.72. The molecule has 124 valence electrons. The maximum Gasteiger partial charge on any atom is 0.249 e. The lowest BCUT2D eigenvalue weighted by molar-refractivity contribution is -0.137. The summed E-state index contributed by atoms with van der Waals surface area (Å²) in [5, 5.41) is 2.76. The summed E-state index contributed by atoms with van der Waals surface area (Å²) in [6, 6.07) is 8.05. The largest absolute Gasteiger partial charge is 0.368 e. The van der Waals surface area contributed by atoms with Crippen LogP contribution in [0, 0.1) is 11.8 Å². The Bertz CT molecular complexity index is 575. The molecule has 23 heavy (non-hydrogen) atoms. The average Bonchev–Trinajstić information content (AvgIpc) is 3.18. The third-order valence-corrected chi connectivity index (χ3v) is 4.86. The molecular formula is C18H24N2O3. The number of hydrogen-bond donors (Lipinski definition) is 1. The van der Waals surface area contributed by atoms with Crippen LogP contribution >= 0.6 is 0 Å². The first-order valence-electron chi connectivity index (χ1n) is 8.30. The second-order valence-corrected chi connectivity index (χ2v) is 6.72. The van der Waals surface area contributed by atoms with Crippen molar-refractivity contribution in [2.45, 2.75) is 39.5 Å². The topological polar surface area (TPSA) is 58.6 Å². The molecule has 1 saturated heterocycles. The smallest absolute Gasteiger partial charge is 0.249 e. The number of fused-ring (bicyclic) bond motifs is 1. The van der Waals surface area contributed by atoms with Gasteiger partial charge in [-0.2, -0.15) is 0 Å². The third kappa shape index (κ3) is 3.39. The molecule has 0 saturated carbocycles. The number of amides is 2. The number of hydrogen-bond acceptors (Lipinski definition) is 3. The summed E-state index contributed by atoms with van der Waals surface area (Å²) in [6.45, 7) is 6.12. The van der Waals surface area contributed by atoms with E-state index in [0.717, 1.165) is 6.42 Å². The van der Waals surface area contributed by atoms with Gasteiger partial charge in [-0.25, -0.2) is 0 Å². The van der Waals surface area contributed by atoms with Gasteiger partial charge in [0.15, 0.2) is 0 Å². The number of carbonyl (C=O) groups excluding carboxylic acids is 2. The van der Waals surface area contributed by atoms with Gasteiger partial charge in [-0.1, -0.05) is 38.1 Å². The number of carbonyl (C=O) groups is 2. The van der Waals surface area contributed by atoms with Crippen LogP contribution in [0.5, 0.6) is 0 Å². The Morgan fingerprint density at radius 3 is 2.52 bits per heavy atom. The molecule has 0 radical (unpaired) electrons. The minimum absolute atomic E-state index is 0.0392. The van der Waals surface area contributed by atoms with Crippen LogP contribution in [0.15, 0.2) is 24.3 Å². The highest BCUT2D eigenvalue weighted by Gasteiger charge is 2.36. The molecule has 1 aromatic carbocycles. The summed E-state index contributed by atoms with van der Waals surface area (Å²) < 4.78 is 5.56. The van der Waals surface area contributed by atoms with Crippen LogP contribution in [0.2, 0.25) is 0 Å². The zero-order valence-electron chi connectivity index (χ0n) is 13.7. The number of nitrogens with one attached hydrogen (secondary N) is 1. The second kappa shape index (κ2) is 6.71. The predicted octanol–water partition coefficient (Wildman–Crippen LogP) is 1.71. The van der Waals surface area contributed by atoms with Crippen LogP contribution in [-0.2, 0) is 27.4 Å². The predicted molar refractivity (Wildman–Crippen MR) is 86.4 cm³/mol. The monoisotopic (exact) mass is 316 g/mol. The summed E-state index contributed by atoms with van der Waals surface area (Å²) >= 11 is 0. The number of ether oxygens (including phenoxy) is 1. The van der Waals surface area contributed by atoms with Crippen LogP contribution in [-0.4, -0.2) is 36.0 Å². The van der Waals surface area contributed by atoms with E-state index in [1.807, 2.05) is 24.3 Å². The van der Waals surface area contributed by atoms with Crippen molar-refractivity contribution < 1.29 is 14.3 Å². The molecule has 0 spiro atoms. The van der Waals surface area contributed by atoms with E-state index < -0.39 is 6.10 Å². The van der Waals surface area contributed by atoms with E-state index in [2.05, 4.69) is 19.2 Å². The fourth-order valence-corrected chi connectivity index (χ4v) is 3.44. The Morgan fingerprint density at radius 1 is 1.26 bits per heavy atom. The van der Waals surface area contributed by atoms with Gasteiger partial charge < -0.3 is 15.0 Å². The van der Waals surface area contributed by atoms with Crippen molar-refractivity contribution in [3.05, 3.63) is 35.4 Å². The van der Waals surface area contributed by atoms with Crippen molar-refractivity contribution in [3.8, 4) is 0 Å². The van der Waals surface area contributed by atoms with Gasteiger partial charge in [-0.05, 0) is 29.4 Å². The zero-order valence-corrected chi connectivity index (χ0v) is 13.7. The van der Waals surface area contributed by atoms with Crippen molar-refractivity contribution in [1.29, 1.82) is 0 Å². The molecule has 5 heteroatoms. The molecule has 0 unspecified atom stereocenters. The minimum Gasteiger partial charge on any atom is -0.368 e. The molecule has 2 amide bonds. The highest BCUT2D eigenvalue weighted by molar-refractivity contribution is 5.87. The molecular weight excluding hydrogens is 292 g/mol. The Morgan fingerprint density at radius 2 is 1.91 bits per heavy atom. The fraction of sp³-hybridized carbons (Fsp3) is 0.556. The van der Waals surface area contributed by atoms with Gasteiger partial charge >= 0.3 is 0 Å². The Hall–Kier alpha value is -1.88. The Kier molecular flexibility index (Phi) is 4.66. The van der Waals surface area contributed by atoms with Crippen molar-refractivity contribution in [3.63, 3.8) is 0 Å². The van der Waals surface area contributed by atoms with Crippen LogP contribution in [0.4, 0.5) is 0 Å². The number of rotatable bonds is 4. The van der Waals surface area contributed by atoms with Crippen molar-refractivity contribution >= 4 is 11.8 Å². The molecule has 1 N–H and O–H groups in total. The van der Waals surface area contributed by atoms with Gasteiger partial charge in [0.25, 0.3) is 0 Å². The minimum atomic E-state index is -0.418. The highest BCUT2D eigenvalue weighted by atomic mass is 16.5. The maximum atomic E-state index is 12.3. The summed E-state index contributed by atoms with van der Waals surface area (Å²) in [4.78, 5) is 26.4. The lowest BCUT2D eigenvalue weighted by Crippen LogP contribution is -2.44. The first-order chi connectivity index (χ1) is 11.1. The van der Waals surface area contributed by atoms with Crippen LogP contribution in [0.1, 0.15) is 31.4 Å². The maximum absolute atomic E-state index is 12.3. The first-order valence-corrected chi connectivity index (χ1v) is 8.30. The van der Waals surface area contributed by atoms with Crippen molar-refractivity contribution in [1.82, 2.24) is 10.2 Å². The van der Waals surface area contributed by atoms with Crippen LogP contribution in [0.3, 0.4) is 0 Å². The highest BCUT2D eigenvalue weighted by Crippen LogP contribution is 2.28. The molecule has 3 rings (SSSR count). The summed E-state index contributed by atoms with van der Waals surface area (Å²) in [5.74, 6) is 0.429. The zero-order chi connectivity index (χ0) is 16.4. The van der Waals surface area contributed by atoms with E-state index in [-0.39, 0.29) is 24.3 Å². The summed E-state index contributed by atoms with van der Waals surface area (Å²) in [5.41, 5.74) is 2.37. The fourth-order valence-electron chi connectivity index (χ4n) is 3.44. The van der Waals surface area contributed by atoms with E-state index in [4.69, 9.17) is 4.74 Å². The van der Waals surface area contributed by atoms with Gasteiger partial charge in [-0.3, -0.25) is 9.59 Å². The third-order valence-electron chi connectivity index (χ3n) is 4.86. The lowest BCUT2D eigenvalue weighted by atomic mass is 9.89. The van der Waals surface area contributed by atoms with E-state index >= 15 is 0 Å². The average molecular weight is 316 g/mol. The van der Waals surface area contributed by atoms with Gasteiger partial charge in [0.1, 0.15) is 6.10 Å². The summed E-state index contributed by atoms with van der Waals surface area (Å²) in [6.07, 6.45) is 0.490. The van der Waals surface area contributed by atoms with Crippen molar-refractivity contribution in [2.75, 3.05) is 13.2 Å². The molecule has 0 aliphatic carbocycles. The van der Waals surface area contributed by atoms with Crippen LogP contribution < -0.4 is 5.32 Å². The van der Waals surface area contributed by atoms with Gasteiger partial charge in [0.05, 0.1) is 6.54 Å². The normalized spacial score (nSPS) is 23.2. The lowest BCUT2D eigenvalue weighted by Gasteiger charge is -2.22. The first kappa shape index (κ1) is 16.0. The quantitative estimate of drug-likeness (QED) is 0.920. The number of benzene rings is 1. The Balaban J connectivity index is 1.51. The SMILES string of the molecule is CC(C)[C@H]1CCO[C@H]1C(=O)NCC(=O)N1Cc2ccccc2C1. The van der Waals surface area contributed by atoms with E-state index in [1.165, 1.54) is 11.1 Å². The molecule has 2 heterocycles. The molecule has 2 aliphatic heterocycles. The molecule has 1 fully saturated rings. The van der Waals surface area contributed by atoms with E-state index in [0.29, 0.717) is 25.6 Å². The Labute approximate surface area is 137 Å². The molecule has 2 aliphatic rings.